The first-order chi connectivity index (χ1) is 10.7. The first-order valence-corrected chi connectivity index (χ1v) is 8.57. The van der Waals surface area contributed by atoms with Crippen molar-refractivity contribution in [3.05, 3.63) is 34.5 Å². The van der Waals surface area contributed by atoms with Crippen LogP contribution >= 0.6 is 11.3 Å². The average molecular weight is 317 g/mol. The minimum Gasteiger partial charge on any atom is -0.333 e. The molecule has 0 spiro atoms. The van der Waals surface area contributed by atoms with Crippen LogP contribution in [0, 0.1) is 0 Å². The van der Waals surface area contributed by atoms with Gasteiger partial charge in [-0.15, -0.1) is 11.3 Å². The molecule has 22 heavy (non-hydrogen) atoms. The van der Waals surface area contributed by atoms with Crippen LogP contribution in [0.4, 0.5) is 0 Å². The molecule has 2 aliphatic rings. The van der Waals surface area contributed by atoms with E-state index in [-0.39, 0.29) is 5.91 Å². The van der Waals surface area contributed by atoms with E-state index >= 15 is 0 Å². The summed E-state index contributed by atoms with van der Waals surface area (Å²) in [5.41, 5.74) is 3.56. The van der Waals surface area contributed by atoms with Gasteiger partial charge in [-0.1, -0.05) is 0 Å². The zero-order chi connectivity index (χ0) is 15.1. The van der Waals surface area contributed by atoms with Crippen LogP contribution in [-0.2, 0) is 13.6 Å². The molecule has 7 heteroatoms. The van der Waals surface area contributed by atoms with Crippen LogP contribution in [0.5, 0.6) is 0 Å². The molecule has 1 amide bonds. The predicted molar refractivity (Wildman–Crippen MR) is 83.6 cm³/mol. The van der Waals surface area contributed by atoms with Crippen LogP contribution < -0.4 is 0 Å². The molecule has 6 nitrogen and oxygen atoms in total. The minimum atomic E-state index is 0.0944. The maximum atomic E-state index is 12.6. The second-order valence-electron chi connectivity index (χ2n) is 6.08. The number of carbonyl (C=O) groups excluding carboxylic acids is 1. The van der Waals surface area contributed by atoms with E-state index in [2.05, 4.69) is 21.2 Å². The molecular formula is C15H19N5OS. The van der Waals surface area contributed by atoms with Gasteiger partial charge < -0.3 is 4.90 Å². The van der Waals surface area contributed by atoms with Crippen LogP contribution in [0.15, 0.2) is 23.3 Å². The fraction of sp³-hybridized carbons (Fsp3) is 0.533. The Morgan fingerprint density at radius 1 is 1.36 bits per heavy atom. The number of carbonyl (C=O) groups is 1. The third kappa shape index (κ3) is 2.34. The lowest BCUT2D eigenvalue weighted by atomic mass is 10.1. The lowest BCUT2D eigenvalue weighted by molar-refractivity contribution is 0.0727. The fourth-order valence-corrected chi connectivity index (χ4v) is 4.30. The number of aryl methyl sites for hydroxylation is 1. The van der Waals surface area contributed by atoms with Crippen molar-refractivity contribution in [2.45, 2.75) is 31.5 Å². The maximum Gasteiger partial charge on any atom is 0.273 e. The highest BCUT2D eigenvalue weighted by Crippen LogP contribution is 2.33. The molecule has 0 aliphatic carbocycles. The Bertz CT molecular complexity index is 667. The normalized spacial score (nSPS) is 24.9. The van der Waals surface area contributed by atoms with E-state index in [1.165, 1.54) is 16.9 Å². The summed E-state index contributed by atoms with van der Waals surface area (Å²) in [7, 11) is 1.94. The minimum absolute atomic E-state index is 0.0944. The molecule has 2 aromatic heterocycles. The summed E-state index contributed by atoms with van der Waals surface area (Å²) in [6, 6.07) is 0.814. The lowest BCUT2D eigenvalue weighted by Crippen LogP contribution is -2.39. The van der Waals surface area contributed by atoms with Crippen molar-refractivity contribution in [1.29, 1.82) is 0 Å². The number of rotatable bonds is 3. The highest BCUT2D eigenvalue weighted by atomic mass is 32.1. The zero-order valence-corrected chi connectivity index (χ0v) is 13.4. The Balaban J connectivity index is 1.46. The van der Waals surface area contributed by atoms with Gasteiger partial charge in [-0.3, -0.25) is 14.4 Å². The molecule has 0 radical (unpaired) electrons. The van der Waals surface area contributed by atoms with Crippen LogP contribution in [0.3, 0.4) is 0 Å². The average Bonchev–Trinajstić information content (AvgIpc) is 3.24. The molecule has 2 aliphatic heterocycles. The van der Waals surface area contributed by atoms with Gasteiger partial charge in [-0.05, 0) is 12.8 Å². The van der Waals surface area contributed by atoms with Crippen molar-refractivity contribution in [3.63, 3.8) is 0 Å². The van der Waals surface area contributed by atoms with Gasteiger partial charge in [0, 0.05) is 55.9 Å². The van der Waals surface area contributed by atoms with Gasteiger partial charge in [0.2, 0.25) is 0 Å². The lowest BCUT2D eigenvalue weighted by Gasteiger charge is -2.25. The molecule has 0 saturated carbocycles. The molecule has 116 valence electrons. The molecule has 0 bridgehead atoms. The molecule has 2 fully saturated rings. The fourth-order valence-electron chi connectivity index (χ4n) is 3.78. The Morgan fingerprint density at radius 3 is 2.95 bits per heavy atom. The highest BCUT2D eigenvalue weighted by Gasteiger charge is 2.44. The van der Waals surface area contributed by atoms with Gasteiger partial charge in [0.05, 0.1) is 11.7 Å². The molecule has 4 rings (SSSR count). The summed E-state index contributed by atoms with van der Waals surface area (Å²) in [5.74, 6) is 0.0944. The molecule has 0 unspecified atom stereocenters. The SMILES string of the molecule is Cn1cc(CN2CC[C@H]3[C@H]2CCN3C(=O)c2cscn2)cn1. The van der Waals surface area contributed by atoms with E-state index in [4.69, 9.17) is 0 Å². The van der Waals surface area contributed by atoms with Gasteiger partial charge in [0.1, 0.15) is 5.69 Å². The van der Waals surface area contributed by atoms with Gasteiger partial charge in [-0.25, -0.2) is 4.98 Å². The Hall–Kier alpha value is -1.73. The van der Waals surface area contributed by atoms with Gasteiger partial charge >= 0.3 is 0 Å². The van der Waals surface area contributed by atoms with E-state index in [0.717, 1.165) is 32.5 Å². The zero-order valence-electron chi connectivity index (χ0n) is 12.6. The monoisotopic (exact) mass is 317 g/mol. The van der Waals surface area contributed by atoms with Crippen LogP contribution in [0.2, 0.25) is 0 Å². The van der Waals surface area contributed by atoms with E-state index in [0.29, 0.717) is 17.8 Å². The topological polar surface area (TPSA) is 54.3 Å². The number of amides is 1. The van der Waals surface area contributed by atoms with Gasteiger partial charge in [0.15, 0.2) is 0 Å². The Morgan fingerprint density at radius 2 is 2.23 bits per heavy atom. The van der Waals surface area contributed by atoms with Crippen molar-refractivity contribution in [2.24, 2.45) is 7.05 Å². The summed E-state index contributed by atoms with van der Waals surface area (Å²) in [5, 5.41) is 6.08. The van der Waals surface area contributed by atoms with Crippen LogP contribution in [0.25, 0.3) is 0 Å². The van der Waals surface area contributed by atoms with E-state index in [1.807, 2.05) is 28.2 Å². The van der Waals surface area contributed by atoms with E-state index in [1.54, 1.807) is 5.51 Å². The smallest absolute Gasteiger partial charge is 0.273 e. The molecule has 2 atom stereocenters. The predicted octanol–water partition coefficient (Wildman–Crippen LogP) is 1.37. The quantitative estimate of drug-likeness (QED) is 0.858. The Labute approximate surface area is 133 Å². The third-order valence-electron chi connectivity index (χ3n) is 4.75. The van der Waals surface area contributed by atoms with Crippen molar-refractivity contribution >= 4 is 17.2 Å². The number of likely N-dealkylation sites (tertiary alicyclic amines) is 2. The maximum absolute atomic E-state index is 12.6. The number of nitrogens with zero attached hydrogens (tertiary/aromatic N) is 5. The van der Waals surface area contributed by atoms with E-state index < -0.39 is 0 Å². The molecule has 0 N–H and O–H groups in total. The molecule has 2 saturated heterocycles. The first-order valence-electron chi connectivity index (χ1n) is 7.63. The molecular weight excluding hydrogens is 298 g/mol. The van der Waals surface area contributed by atoms with Crippen molar-refractivity contribution in [2.75, 3.05) is 13.1 Å². The van der Waals surface area contributed by atoms with Gasteiger partial charge in [0.25, 0.3) is 5.91 Å². The summed E-state index contributed by atoms with van der Waals surface area (Å²) in [4.78, 5) is 21.3. The number of fused-ring (bicyclic) bond motifs is 1. The largest absolute Gasteiger partial charge is 0.333 e. The van der Waals surface area contributed by atoms with Crippen LogP contribution in [-0.4, -0.2) is 55.6 Å². The summed E-state index contributed by atoms with van der Waals surface area (Å²) in [6.45, 7) is 2.81. The highest BCUT2D eigenvalue weighted by molar-refractivity contribution is 7.07. The van der Waals surface area contributed by atoms with Crippen molar-refractivity contribution in [3.8, 4) is 0 Å². The molecule has 0 aromatic carbocycles. The van der Waals surface area contributed by atoms with Crippen molar-refractivity contribution < 1.29 is 4.79 Å². The summed E-state index contributed by atoms with van der Waals surface area (Å²) < 4.78 is 1.84. The third-order valence-corrected chi connectivity index (χ3v) is 5.33. The standard InChI is InChI=1S/C15H19N5OS/c1-18-7-11(6-17-18)8-19-4-2-14-13(19)3-5-20(14)15(21)12-9-22-10-16-12/h6-7,9-10,13-14H,2-5,8H2,1H3/t13-,14+/m1/s1. The summed E-state index contributed by atoms with van der Waals surface area (Å²) in [6.07, 6.45) is 6.11. The Kier molecular flexibility index (Phi) is 3.46. The van der Waals surface area contributed by atoms with E-state index in [9.17, 15) is 4.79 Å². The molecule has 2 aromatic rings. The number of thiazole rings is 1. The summed E-state index contributed by atoms with van der Waals surface area (Å²) >= 11 is 1.48. The molecule has 4 heterocycles. The number of hydrogen-bond acceptors (Lipinski definition) is 5. The van der Waals surface area contributed by atoms with Crippen LogP contribution in [0.1, 0.15) is 28.9 Å². The first kappa shape index (κ1) is 13.9. The number of hydrogen-bond donors (Lipinski definition) is 0. The second-order valence-corrected chi connectivity index (χ2v) is 6.80. The van der Waals surface area contributed by atoms with Crippen molar-refractivity contribution in [1.82, 2.24) is 24.6 Å². The van der Waals surface area contributed by atoms with Gasteiger partial charge in [-0.2, -0.15) is 5.10 Å². The number of aromatic nitrogens is 3. The second kappa shape index (κ2) is 5.48.